The Morgan fingerprint density at radius 3 is 1.85 bits per heavy atom. The number of aliphatic carboxylic acids is 1. The molecule has 2 rings (SSSR count). The minimum Gasteiger partial charge on any atom is -0.497 e. The lowest BCUT2D eigenvalue weighted by Crippen LogP contribution is -2.02. The molecule has 2 aromatic rings. The van der Waals surface area contributed by atoms with Crippen LogP contribution in [-0.2, 0) is 4.79 Å². The third-order valence-corrected chi connectivity index (χ3v) is 6.18. The Bertz CT molecular complexity index is 837. The van der Waals surface area contributed by atoms with Gasteiger partial charge in [0.05, 0.1) is 14.2 Å². The molecule has 33 heavy (non-hydrogen) atoms. The number of rotatable bonds is 16. The van der Waals surface area contributed by atoms with Gasteiger partial charge in [-0.3, -0.25) is 4.79 Å². The van der Waals surface area contributed by atoms with Crippen molar-refractivity contribution in [1.82, 2.24) is 0 Å². The van der Waals surface area contributed by atoms with Crippen molar-refractivity contribution in [1.29, 1.82) is 0 Å². The Balaban J connectivity index is 1.99. The van der Waals surface area contributed by atoms with Gasteiger partial charge in [0.25, 0.3) is 0 Å². The smallest absolute Gasteiger partial charge is 0.303 e. The average molecular weight is 453 g/mol. The van der Waals surface area contributed by atoms with Crippen LogP contribution in [0.4, 0.5) is 0 Å². The number of carboxylic acid groups (broad SMARTS) is 1. The summed E-state index contributed by atoms with van der Waals surface area (Å²) in [4.78, 5) is 10.6. The summed E-state index contributed by atoms with van der Waals surface area (Å²) in [6.07, 6.45) is 12.6. The lowest BCUT2D eigenvalue weighted by Gasteiger charge is -2.21. The van der Waals surface area contributed by atoms with E-state index in [9.17, 15) is 4.79 Å². The number of benzene rings is 2. The van der Waals surface area contributed by atoms with Gasteiger partial charge in [0.1, 0.15) is 11.5 Å². The molecule has 0 bridgehead atoms. The Morgan fingerprint density at radius 1 is 0.818 bits per heavy atom. The highest BCUT2D eigenvalue weighted by molar-refractivity contribution is 5.72. The topological polar surface area (TPSA) is 55.8 Å². The van der Waals surface area contributed by atoms with E-state index >= 15 is 0 Å². The van der Waals surface area contributed by atoms with Crippen LogP contribution in [0, 0.1) is 0 Å². The number of allylic oxidation sites excluding steroid dienone is 2. The van der Waals surface area contributed by atoms with Crippen LogP contribution in [0.3, 0.4) is 0 Å². The Morgan fingerprint density at radius 2 is 1.33 bits per heavy atom. The summed E-state index contributed by atoms with van der Waals surface area (Å²) < 4.78 is 10.7. The van der Waals surface area contributed by atoms with E-state index in [1.165, 1.54) is 42.4 Å². The molecule has 4 nitrogen and oxygen atoms in total. The molecule has 0 spiro atoms. The molecule has 0 amide bonds. The number of ether oxygens (including phenoxy) is 2. The van der Waals surface area contributed by atoms with Gasteiger partial charge in [-0.2, -0.15) is 0 Å². The number of hydrogen-bond acceptors (Lipinski definition) is 3. The molecule has 0 heterocycles. The fraction of sp³-hybridized carbons (Fsp3) is 0.483. The standard InChI is InChI=1S/C29H40O4/c1-4-27(23-15-19-25(32-2)20-16-23)28(24-17-21-26(33-3)22-18-24)13-11-9-7-5-6-8-10-12-14-29(30)31/h13,15-22,27H,4-12,14H2,1-3H3,(H,30,31)/b28-13+. The van der Waals surface area contributed by atoms with Gasteiger partial charge >= 0.3 is 5.97 Å². The summed E-state index contributed by atoms with van der Waals surface area (Å²) in [5, 5.41) is 8.70. The number of carboxylic acids is 1. The van der Waals surface area contributed by atoms with Gasteiger partial charge in [-0.25, -0.2) is 0 Å². The molecule has 0 aromatic heterocycles. The van der Waals surface area contributed by atoms with Crippen molar-refractivity contribution in [3.05, 3.63) is 65.7 Å². The quantitative estimate of drug-likeness (QED) is 0.263. The molecule has 0 aliphatic rings. The number of hydrogen-bond donors (Lipinski definition) is 1. The molecule has 2 aromatic carbocycles. The molecule has 1 atom stereocenters. The van der Waals surface area contributed by atoms with Crippen molar-refractivity contribution in [3.8, 4) is 11.5 Å². The first-order valence-electron chi connectivity index (χ1n) is 12.3. The lowest BCUT2D eigenvalue weighted by molar-refractivity contribution is -0.137. The van der Waals surface area contributed by atoms with Crippen molar-refractivity contribution in [2.24, 2.45) is 0 Å². The fourth-order valence-corrected chi connectivity index (χ4v) is 4.28. The number of carbonyl (C=O) groups is 1. The average Bonchev–Trinajstić information content (AvgIpc) is 2.84. The first kappa shape index (κ1) is 26.5. The fourth-order valence-electron chi connectivity index (χ4n) is 4.28. The highest BCUT2D eigenvalue weighted by atomic mass is 16.5. The molecule has 180 valence electrons. The lowest BCUT2D eigenvalue weighted by atomic mass is 9.84. The van der Waals surface area contributed by atoms with Crippen LogP contribution >= 0.6 is 0 Å². The third-order valence-electron chi connectivity index (χ3n) is 6.18. The van der Waals surface area contributed by atoms with Gasteiger partial charge in [-0.15, -0.1) is 0 Å². The summed E-state index contributed by atoms with van der Waals surface area (Å²) in [6, 6.07) is 16.8. The highest BCUT2D eigenvalue weighted by Gasteiger charge is 2.17. The number of methoxy groups -OCH3 is 2. The van der Waals surface area contributed by atoms with Crippen molar-refractivity contribution in [2.45, 2.75) is 77.0 Å². The van der Waals surface area contributed by atoms with Crippen LogP contribution in [0.5, 0.6) is 11.5 Å². The van der Waals surface area contributed by atoms with E-state index in [1.807, 2.05) is 24.3 Å². The zero-order valence-electron chi connectivity index (χ0n) is 20.5. The minimum atomic E-state index is -0.686. The molecular weight excluding hydrogens is 412 g/mol. The van der Waals surface area contributed by atoms with Crippen molar-refractivity contribution >= 4 is 11.5 Å². The van der Waals surface area contributed by atoms with E-state index in [2.05, 4.69) is 37.3 Å². The van der Waals surface area contributed by atoms with E-state index in [1.54, 1.807) is 14.2 Å². The molecule has 0 saturated heterocycles. The molecule has 0 radical (unpaired) electrons. The normalized spacial score (nSPS) is 12.4. The first-order chi connectivity index (χ1) is 16.1. The van der Waals surface area contributed by atoms with Gasteiger partial charge in [0.15, 0.2) is 0 Å². The molecule has 0 aliphatic heterocycles. The molecule has 0 fully saturated rings. The monoisotopic (exact) mass is 452 g/mol. The van der Waals surface area contributed by atoms with E-state index in [0.717, 1.165) is 43.6 Å². The zero-order valence-corrected chi connectivity index (χ0v) is 20.5. The predicted octanol–water partition coefficient (Wildman–Crippen LogP) is 7.88. The van der Waals surface area contributed by atoms with Crippen LogP contribution in [0.2, 0.25) is 0 Å². The second kappa shape index (κ2) is 15.2. The second-order valence-electron chi connectivity index (χ2n) is 8.53. The summed E-state index contributed by atoms with van der Waals surface area (Å²) in [7, 11) is 3.40. The minimum absolute atomic E-state index is 0.297. The van der Waals surface area contributed by atoms with Crippen LogP contribution < -0.4 is 9.47 Å². The maximum Gasteiger partial charge on any atom is 0.303 e. The Kier molecular flexibility index (Phi) is 12.2. The van der Waals surface area contributed by atoms with Crippen LogP contribution in [0.15, 0.2) is 54.6 Å². The number of unbranched alkanes of at least 4 members (excludes halogenated alkanes) is 7. The third kappa shape index (κ3) is 9.33. The van der Waals surface area contributed by atoms with Crippen molar-refractivity contribution in [3.63, 3.8) is 0 Å². The van der Waals surface area contributed by atoms with Crippen LogP contribution in [-0.4, -0.2) is 25.3 Å². The van der Waals surface area contributed by atoms with E-state index in [-0.39, 0.29) is 0 Å². The van der Waals surface area contributed by atoms with Crippen molar-refractivity contribution < 1.29 is 19.4 Å². The highest BCUT2D eigenvalue weighted by Crippen LogP contribution is 2.36. The first-order valence-corrected chi connectivity index (χ1v) is 12.3. The van der Waals surface area contributed by atoms with Gasteiger partial charge in [-0.1, -0.05) is 69.4 Å². The summed E-state index contributed by atoms with van der Waals surface area (Å²) in [5.74, 6) is 1.40. The summed E-state index contributed by atoms with van der Waals surface area (Å²) in [5.41, 5.74) is 3.93. The zero-order chi connectivity index (χ0) is 23.9. The van der Waals surface area contributed by atoms with E-state index in [0.29, 0.717) is 12.3 Å². The predicted molar refractivity (Wildman–Crippen MR) is 136 cm³/mol. The molecule has 0 saturated carbocycles. The molecule has 1 N–H and O–H groups in total. The van der Waals surface area contributed by atoms with Gasteiger partial charge < -0.3 is 14.6 Å². The largest absolute Gasteiger partial charge is 0.497 e. The summed E-state index contributed by atoms with van der Waals surface area (Å²) >= 11 is 0. The van der Waals surface area contributed by atoms with Crippen molar-refractivity contribution in [2.75, 3.05) is 14.2 Å². The SMILES string of the molecule is CCC(/C(=C/CCCCCCCCCC(=O)O)c1ccc(OC)cc1)c1ccc(OC)cc1. The Hall–Kier alpha value is -2.75. The molecular formula is C29H40O4. The summed E-state index contributed by atoms with van der Waals surface area (Å²) in [6.45, 7) is 2.25. The molecule has 1 unspecified atom stereocenters. The van der Waals surface area contributed by atoms with Crippen LogP contribution in [0.1, 0.15) is 88.2 Å². The van der Waals surface area contributed by atoms with Gasteiger partial charge in [-0.05, 0) is 66.6 Å². The Labute approximate surface area is 199 Å². The molecule has 0 aliphatic carbocycles. The van der Waals surface area contributed by atoms with Crippen LogP contribution in [0.25, 0.3) is 5.57 Å². The van der Waals surface area contributed by atoms with E-state index < -0.39 is 5.97 Å². The van der Waals surface area contributed by atoms with Gasteiger partial charge in [0.2, 0.25) is 0 Å². The van der Waals surface area contributed by atoms with E-state index in [4.69, 9.17) is 14.6 Å². The molecule has 4 heteroatoms. The maximum atomic E-state index is 10.6. The van der Waals surface area contributed by atoms with Gasteiger partial charge in [0, 0.05) is 12.3 Å². The maximum absolute atomic E-state index is 10.6. The second-order valence-corrected chi connectivity index (χ2v) is 8.53.